The largest absolute Gasteiger partial charge is 0.466 e. The van der Waals surface area contributed by atoms with Gasteiger partial charge in [-0.25, -0.2) is 4.79 Å². The van der Waals surface area contributed by atoms with Crippen LogP contribution in [0, 0.1) is 5.92 Å². The van der Waals surface area contributed by atoms with Crippen LogP contribution in [0.2, 0.25) is 5.02 Å². The van der Waals surface area contributed by atoms with Crippen LogP contribution in [0.5, 0.6) is 0 Å². The summed E-state index contributed by atoms with van der Waals surface area (Å²) in [5, 5.41) is 16.1. The molecule has 1 amide bonds. The maximum Gasteiger partial charge on any atom is 0.330 e. The lowest BCUT2D eigenvalue weighted by Gasteiger charge is -2.17. The van der Waals surface area contributed by atoms with Crippen LogP contribution in [0.3, 0.4) is 0 Å². The number of aliphatic hydroxyl groups is 1. The molecule has 6 nitrogen and oxygen atoms in total. The molecule has 1 aromatic rings. The number of anilines is 1. The van der Waals surface area contributed by atoms with Gasteiger partial charge in [-0.3, -0.25) is 4.79 Å². The van der Waals surface area contributed by atoms with E-state index in [1.165, 1.54) is 19.3 Å². The number of methoxy groups -OCH3 is 1. The molecule has 7 heteroatoms. The summed E-state index contributed by atoms with van der Waals surface area (Å²) in [4.78, 5) is 23.5. The Kier molecular flexibility index (Phi) is 6.23. The third-order valence-electron chi connectivity index (χ3n) is 3.83. The topological polar surface area (TPSA) is 87.7 Å². The summed E-state index contributed by atoms with van der Waals surface area (Å²) in [6, 6.07) is 4.85. The molecule has 1 aromatic carbocycles. The van der Waals surface area contributed by atoms with Gasteiger partial charge in [0.25, 0.3) is 5.91 Å². The summed E-state index contributed by atoms with van der Waals surface area (Å²) < 4.78 is 4.45. The van der Waals surface area contributed by atoms with Crippen LogP contribution >= 0.6 is 11.6 Å². The van der Waals surface area contributed by atoms with Gasteiger partial charge in [0.2, 0.25) is 0 Å². The van der Waals surface area contributed by atoms with Crippen molar-refractivity contribution >= 4 is 29.2 Å². The van der Waals surface area contributed by atoms with Crippen LogP contribution in [0.25, 0.3) is 0 Å². The minimum absolute atomic E-state index is 0.0912. The zero-order valence-electron chi connectivity index (χ0n) is 13.6. The van der Waals surface area contributed by atoms with Crippen molar-refractivity contribution in [1.29, 1.82) is 0 Å². The molecule has 1 aliphatic carbocycles. The maximum absolute atomic E-state index is 12.5. The van der Waals surface area contributed by atoms with Gasteiger partial charge < -0.3 is 20.5 Å². The number of ether oxygens (including phenoxy) is 1. The number of esters is 1. The van der Waals surface area contributed by atoms with Crippen molar-refractivity contribution in [2.75, 3.05) is 12.4 Å². The van der Waals surface area contributed by atoms with Crippen LogP contribution in [0.15, 0.2) is 30.4 Å². The summed E-state index contributed by atoms with van der Waals surface area (Å²) in [5.74, 6) is -0.315. The monoisotopic (exact) mass is 352 g/mol. The lowest BCUT2D eigenvalue weighted by Crippen LogP contribution is -2.34. The van der Waals surface area contributed by atoms with Crippen LogP contribution in [-0.4, -0.2) is 36.4 Å². The van der Waals surface area contributed by atoms with Crippen LogP contribution in [0.1, 0.15) is 30.1 Å². The van der Waals surface area contributed by atoms with E-state index in [2.05, 4.69) is 15.4 Å². The van der Waals surface area contributed by atoms with E-state index in [-0.39, 0.29) is 11.9 Å². The van der Waals surface area contributed by atoms with E-state index >= 15 is 0 Å². The number of halogens is 1. The van der Waals surface area contributed by atoms with E-state index in [0.29, 0.717) is 22.2 Å². The fraction of sp³-hybridized carbons (Fsp3) is 0.412. The third kappa shape index (κ3) is 5.25. The number of aliphatic hydroxyl groups excluding tert-OH is 1. The van der Waals surface area contributed by atoms with Gasteiger partial charge in [-0.1, -0.05) is 11.6 Å². The molecule has 0 aliphatic heterocycles. The molecular formula is C17H21ClN2O4. The highest BCUT2D eigenvalue weighted by molar-refractivity contribution is 6.31. The molecule has 0 spiro atoms. The number of hydrogen-bond donors (Lipinski definition) is 3. The first-order chi connectivity index (χ1) is 11.4. The van der Waals surface area contributed by atoms with Gasteiger partial charge in [-0.2, -0.15) is 0 Å². The van der Waals surface area contributed by atoms with Crippen molar-refractivity contribution < 1.29 is 19.4 Å². The predicted molar refractivity (Wildman–Crippen MR) is 91.9 cm³/mol. The average Bonchev–Trinajstić information content (AvgIpc) is 3.39. The highest BCUT2D eigenvalue weighted by Gasteiger charge is 2.29. The lowest BCUT2D eigenvalue weighted by molar-refractivity contribution is -0.134. The smallest absolute Gasteiger partial charge is 0.330 e. The number of amides is 1. The Morgan fingerprint density at radius 2 is 2.12 bits per heavy atom. The van der Waals surface area contributed by atoms with Crippen molar-refractivity contribution in [1.82, 2.24) is 5.32 Å². The van der Waals surface area contributed by atoms with Gasteiger partial charge in [-0.05, 0) is 50.0 Å². The molecule has 0 heterocycles. The summed E-state index contributed by atoms with van der Waals surface area (Å²) >= 11 is 5.98. The first-order valence-electron chi connectivity index (χ1n) is 7.72. The lowest BCUT2D eigenvalue weighted by atomic mass is 10.1. The Balaban J connectivity index is 2.10. The number of hydrogen-bond acceptors (Lipinski definition) is 5. The zero-order valence-corrected chi connectivity index (χ0v) is 14.3. The second-order valence-electron chi connectivity index (χ2n) is 5.76. The van der Waals surface area contributed by atoms with Gasteiger partial charge >= 0.3 is 5.97 Å². The SMILES string of the molecule is COC(=O)/C=C/C(O)Nc1ccc(Cl)cc1C(=O)NC(C)C1CC1. The number of carbonyl (C=O) groups excluding carboxylic acids is 2. The normalized spacial score (nSPS) is 16.5. The Morgan fingerprint density at radius 1 is 1.42 bits per heavy atom. The summed E-state index contributed by atoms with van der Waals surface area (Å²) in [7, 11) is 1.25. The van der Waals surface area contributed by atoms with Gasteiger partial charge in [0.05, 0.1) is 12.7 Å². The average molecular weight is 353 g/mol. The highest BCUT2D eigenvalue weighted by atomic mass is 35.5. The van der Waals surface area contributed by atoms with E-state index in [1.54, 1.807) is 12.1 Å². The van der Waals surface area contributed by atoms with Gasteiger partial charge in [-0.15, -0.1) is 0 Å². The second-order valence-corrected chi connectivity index (χ2v) is 6.20. The zero-order chi connectivity index (χ0) is 17.7. The van der Waals surface area contributed by atoms with Crippen molar-refractivity contribution in [3.63, 3.8) is 0 Å². The molecule has 1 fully saturated rings. The van der Waals surface area contributed by atoms with Gasteiger partial charge in [0.1, 0.15) is 6.23 Å². The molecule has 0 aromatic heterocycles. The van der Waals surface area contributed by atoms with E-state index in [0.717, 1.165) is 18.9 Å². The molecule has 0 saturated heterocycles. The minimum atomic E-state index is -1.15. The minimum Gasteiger partial charge on any atom is -0.466 e. The fourth-order valence-electron chi connectivity index (χ4n) is 2.27. The molecule has 0 radical (unpaired) electrons. The van der Waals surface area contributed by atoms with E-state index < -0.39 is 12.2 Å². The number of rotatable bonds is 7. The molecule has 1 saturated carbocycles. The van der Waals surface area contributed by atoms with E-state index in [9.17, 15) is 14.7 Å². The van der Waals surface area contributed by atoms with Crippen LogP contribution in [0.4, 0.5) is 5.69 Å². The standard InChI is InChI=1S/C17H21ClN2O4/c1-10(11-3-4-11)19-17(23)13-9-12(18)5-6-14(13)20-15(21)7-8-16(22)24-2/h5-11,15,20-21H,3-4H2,1-2H3,(H,19,23)/b8-7+. The Labute approximate surface area is 145 Å². The Hall–Kier alpha value is -2.05. The number of carbonyl (C=O) groups is 2. The molecule has 2 atom stereocenters. The van der Waals surface area contributed by atoms with Crippen molar-refractivity contribution in [3.05, 3.63) is 40.9 Å². The van der Waals surface area contributed by atoms with E-state index in [4.69, 9.17) is 11.6 Å². The first-order valence-corrected chi connectivity index (χ1v) is 8.09. The van der Waals surface area contributed by atoms with Gasteiger partial charge in [0, 0.05) is 22.8 Å². The maximum atomic E-state index is 12.5. The van der Waals surface area contributed by atoms with Gasteiger partial charge in [0.15, 0.2) is 0 Å². The summed E-state index contributed by atoms with van der Waals surface area (Å²) in [6.07, 6.45) is 3.42. The Morgan fingerprint density at radius 3 is 2.75 bits per heavy atom. The highest BCUT2D eigenvalue weighted by Crippen LogP contribution is 2.32. The molecule has 1 aliphatic rings. The molecule has 130 valence electrons. The fourth-order valence-corrected chi connectivity index (χ4v) is 2.45. The molecule has 24 heavy (non-hydrogen) atoms. The summed E-state index contributed by atoms with van der Waals surface area (Å²) in [5.41, 5.74) is 0.752. The Bertz CT molecular complexity index is 643. The second kappa shape index (κ2) is 8.17. The van der Waals surface area contributed by atoms with Crippen molar-refractivity contribution in [2.24, 2.45) is 5.92 Å². The van der Waals surface area contributed by atoms with Crippen molar-refractivity contribution in [2.45, 2.75) is 32.0 Å². The quantitative estimate of drug-likeness (QED) is 0.398. The first kappa shape index (κ1) is 18.3. The van der Waals surface area contributed by atoms with E-state index in [1.807, 2.05) is 6.92 Å². The summed E-state index contributed by atoms with van der Waals surface area (Å²) in [6.45, 7) is 1.97. The molecular weight excluding hydrogens is 332 g/mol. The van der Waals surface area contributed by atoms with Crippen LogP contribution in [-0.2, 0) is 9.53 Å². The number of nitrogens with one attached hydrogen (secondary N) is 2. The van der Waals surface area contributed by atoms with Crippen molar-refractivity contribution in [3.8, 4) is 0 Å². The molecule has 0 bridgehead atoms. The predicted octanol–water partition coefficient (Wildman–Crippen LogP) is 2.33. The molecule has 3 N–H and O–H groups in total. The number of benzene rings is 1. The molecule has 2 rings (SSSR count). The molecule has 2 unspecified atom stereocenters. The van der Waals surface area contributed by atoms with Crippen LogP contribution < -0.4 is 10.6 Å². The third-order valence-corrected chi connectivity index (χ3v) is 4.07.